The van der Waals surface area contributed by atoms with E-state index in [9.17, 15) is 22.9 Å². The maximum atomic E-state index is 14.7. The predicted octanol–water partition coefficient (Wildman–Crippen LogP) is 9.42. The van der Waals surface area contributed by atoms with Crippen LogP contribution in [0.4, 0.5) is 8.78 Å². The largest absolute Gasteiger partial charge is 0.481 e. The molecule has 7 nitrogen and oxygen atoms in total. The average Bonchev–Trinajstić information content (AvgIpc) is 3.29. The number of carbonyl (C=O) groups excluding carboxylic acids is 1. The molecule has 1 N–H and O–H groups in total. The summed E-state index contributed by atoms with van der Waals surface area (Å²) in [5.74, 6) is -1.63. The first-order valence-electron chi connectivity index (χ1n) is 14.7. The Labute approximate surface area is 272 Å². The lowest BCUT2D eigenvalue weighted by Crippen LogP contribution is -2.25. The summed E-state index contributed by atoms with van der Waals surface area (Å²) in [4.78, 5) is 22.9. The molecule has 0 aliphatic heterocycles. The summed E-state index contributed by atoms with van der Waals surface area (Å²) in [5.41, 5.74) is 0.751. The van der Waals surface area contributed by atoms with Crippen molar-refractivity contribution >= 4 is 35.5 Å². The smallest absolute Gasteiger partial charge is 0.404 e. The van der Waals surface area contributed by atoms with Gasteiger partial charge >= 0.3 is 25.2 Å². The average molecular weight is 710 g/mol. The quantitative estimate of drug-likeness (QED) is 0.157. The second kappa shape index (κ2) is 15.1. The third-order valence-electron chi connectivity index (χ3n) is 7.22. The van der Waals surface area contributed by atoms with Crippen molar-refractivity contribution in [2.75, 3.05) is 19.8 Å². The van der Waals surface area contributed by atoms with Crippen LogP contribution in [0.5, 0.6) is 0 Å². The fourth-order valence-electron chi connectivity index (χ4n) is 4.87. The summed E-state index contributed by atoms with van der Waals surface area (Å²) < 4.78 is 57.0. The van der Waals surface area contributed by atoms with Crippen molar-refractivity contribution < 1.29 is 41.8 Å². The van der Waals surface area contributed by atoms with Crippen LogP contribution < -0.4 is 0 Å². The predicted molar refractivity (Wildman–Crippen MR) is 174 cm³/mol. The van der Waals surface area contributed by atoms with Crippen molar-refractivity contribution in [2.24, 2.45) is 11.3 Å². The molecule has 244 valence electrons. The van der Waals surface area contributed by atoms with Gasteiger partial charge < -0.3 is 18.9 Å². The van der Waals surface area contributed by atoms with E-state index in [0.29, 0.717) is 12.2 Å². The fraction of sp³-hybridized carbons (Fsp3) is 0.412. The van der Waals surface area contributed by atoms with E-state index in [2.05, 4.69) is 52.3 Å². The van der Waals surface area contributed by atoms with Crippen molar-refractivity contribution in [1.29, 1.82) is 0 Å². The van der Waals surface area contributed by atoms with Gasteiger partial charge in [0.25, 0.3) is 0 Å². The van der Waals surface area contributed by atoms with Gasteiger partial charge in [0.05, 0.1) is 24.5 Å². The van der Waals surface area contributed by atoms with Crippen molar-refractivity contribution in [3.8, 4) is 11.1 Å². The number of esters is 1. The minimum absolute atomic E-state index is 0.0159. The molecule has 0 fully saturated rings. The van der Waals surface area contributed by atoms with Crippen LogP contribution in [0, 0.1) is 11.3 Å². The maximum absolute atomic E-state index is 14.7. The number of rotatable bonds is 11. The summed E-state index contributed by atoms with van der Waals surface area (Å²) in [5, 5.41) is 8.92. The van der Waals surface area contributed by atoms with Crippen LogP contribution >= 0.6 is 23.5 Å². The van der Waals surface area contributed by atoms with Gasteiger partial charge in [0, 0.05) is 16.0 Å². The van der Waals surface area contributed by atoms with Crippen LogP contribution in [-0.2, 0) is 40.0 Å². The summed E-state index contributed by atoms with van der Waals surface area (Å²) in [7, 11) is -4.69. The number of hydrogen-bond acceptors (Lipinski definition) is 6. The molecule has 1 aliphatic rings. The van der Waals surface area contributed by atoms with Gasteiger partial charge in [-0.05, 0) is 74.9 Å². The van der Waals surface area contributed by atoms with Gasteiger partial charge in [0.1, 0.15) is 6.61 Å². The zero-order chi connectivity index (χ0) is 33.6. The Hall–Kier alpha value is -2.91. The minimum Gasteiger partial charge on any atom is -0.481 e. The highest BCUT2D eigenvalue weighted by Gasteiger charge is 2.55. The number of carboxylic acids is 1. The number of fused-ring (bicyclic) bond motifs is 3. The van der Waals surface area contributed by atoms with E-state index in [4.69, 9.17) is 18.9 Å². The fourth-order valence-corrected chi connectivity index (χ4v) is 7.27. The lowest BCUT2D eigenvalue weighted by Gasteiger charge is -2.26. The van der Waals surface area contributed by atoms with Crippen molar-refractivity contribution in [1.82, 2.24) is 0 Å². The molecule has 1 atom stereocenters. The molecule has 0 aromatic heterocycles. The van der Waals surface area contributed by atoms with Gasteiger partial charge in [0.15, 0.2) is 0 Å². The van der Waals surface area contributed by atoms with Gasteiger partial charge in [-0.2, -0.15) is 8.78 Å². The Bertz CT molecular complexity index is 1500. The van der Waals surface area contributed by atoms with Crippen LogP contribution in [-0.4, -0.2) is 36.9 Å². The number of aliphatic carboxylic acids is 1. The highest BCUT2D eigenvalue weighted by atomic mass is 79.9. The molecule has 11 heteroatoms. The monoisotopic (exact) mass is 708 g/mol. The van der Waals surface area contributed by atoms with Crippen molar-refractivity contribution in [2.45, 2.75) is 59.5 Å². The van der Waals surface area contributed by atoms with E-state index in [1.165, 1.54) is 55.2 Å². The Kier molecular flexibility index (Phi) is 12.3. The van der Waals surface area contributed by atoms with Crippen molar-refractivity contribution in [3.63, 3.8) is 0 Å². The van der Waals surface area contributed by atoms with E-state index >= 15 is 0 Å². The molecule has 45 heavy (non-hydrogen) atoms. The first kappa shape index (κ1) is 36.6. The maximum Gasteiger partial charge on any atom is 0.404 e. The molecule has 4 rings (SSSR count). The van der Waals surface area contributed by atoms with E-state index < -0.39 is 36.1 Å². The number of benzene rings is 3. The third kappa shape index (κ3) is 8.47. The molecular formula is C34H40BrF2O7P. The normalized spacial score (nSPS) is 13.7. The van der Waals surface area contributed by atoms with Crippen LogP contribution in [0.25, 0.3) is 11.1 Å². The number of halogens is 3. The molecular weight excluding hydrogens is 669 g/mol. The molecule has 1 aliphatic carbocycles. The molecule has 0 saturated heterocycles. The molecule has 0 radical (unpaired) electrons. The number of carboxylic acid groups (broad SMARTS) is 1. The molecule has 0 amide bonds. The molecule has 0 saturated carbocycles. The van der Waals surface area contributed by atoms with Crippen LogP contribution in [0.3, 0.4) is 0 Å². The van der Waals surface area contributed by atoms with Gasteiger partial charge in [-0.15, -0.1) is 0 Å². The minimum atomic E-state index is -4.69. The molecule has 0 bridgehead atoms. The molecule has 3 aromatic rings. The lowest BCUT2D eigenvalue weighted by atomic mass is 9.96. The zero-order valence-electron chi connectivity index (χ0n) is 26.3. The first-order chi connectivity index (χ1) is 21.1. The highest BCUT2D eigenvalue weighted by Crippen LogP contribution is 2.67. The van der Waals surface area contributed by atoms with Gasteiger partial charge in [0.2, 0.25) is 0 Å². The molecule has 3 aromatic carbocycles. The van der Waals surface area contributed by atoms with E-state index in [0.717, 1.165) is 6.07 Å². The van der Waals surface area contributed by atoms with Crippen LogP contribution in [0.2, 0.25) is 0 Å². The SMILES string of the molecule is CC(C)(C)C(=O)OCC1c2ccccc2-c2ccccc21.CCOP(=O)(OCC)C(F)(F)c1ccc(C[C@H](C)C(=O)O)cc1Br. The van der Waals surface area contributed by atoms with Gasteiger partial charge in [-0.1, -0.05) is 83.5 Å². The Morgan fingerprint density at radius 3 is 1.89 bits per heavy atom. The van der Waals surface area contributed by atoms with Gasteiger partial charge in [-0.25, -0.2) is 0 Å². The Morgan fingerprint density at radius 1 is 0.933 bits per heavy atom. The Balaban J connectivity index is 0.000000247. The molecule has 0 spiro atoms. The topological polar surface area (TPSA) is 99.1 Å². The second-order valence-electron chi connectivity index (χ2n) is 11.7. The number of alkyl halides is 2. The molecule has 0 heterocycles. The van der Waals surface area contributed by atoms with E-state index in [1.807, 2.05) is 32.9 Å². The van der Waals surface area contributed by atoms with Gasteiger partial charge in [-0.3, -0.25) is 14.2 Å². The second-order valence-corrected chi connectivity index (χ2v) is 14.6. The Morgan fingerprint density at radius 2 is 1.44 bits per heavy atom. The van der Waals surface area contributed by atoms with E-state index in [-0.39, 0.29) is 36.0 Å². The summed E-state index contributed by atoms with van der Waals surface area (Å²) in [6, 6.07) is 20.6. The standard InChI is InChI=1S/C19H20O2.C15H20BrF2O5P/c1-19(2,3)18(20)21-12-17-15-10-6-4-8-13(15)14-9-5-7-11-16(14)17;1-4-22-24(21,23-5-2)15(17,18)12-7-6-11(9-13(12)16)8-10(3)14(19)20/h4-11,17H,12H2,1-3H3;6-7,9-10H,4-5,8H2,1-3H3,(H,19,20)/t;10-/m.0/s1. The number of hydrogen-bond donors (Lipinski definition) is 1. The summed E-state index contributed by atoms with van der Waals surface area (Å²) >= 11 is 3.04. The lowest BCUT2D eigenvalue weighted by molar-refractivity contribution is -0.153. The zero-order valence-corrected chi connectivity index (χ0v) is 28.8. The third-order valence-corrected chi connectivity index (χ3v) is 10.0. The van der Waals surface area contributed by atoms with Crippen molar-refractivity contribution in [3.05, 3.63) is 93.5 Å². The number of carbonyl (C=O) groups is 2. The molecule has 0 unspecified atom stereocenters. The highest BCUT2D eigenvalue weighted by molar-refractivity contribution is 9.10. The number of ether oxygens (including phenoxy) is 1. The van der Waals surface area contributed by atoms with Crippen LogP contribution in [0.1, 0.15) is 69.7 Å². The summed E-state index contributed by atoms with van der Waals surface area (Å²) in [6.07, 6.45) is 0.189. The van der Waals surface area contributed by atoms with E-state index in [1.54, 1.807) is 0 Å². The van der Waals surface area contributed by atoms with Crippen LogP contribution in [0.15, 0.2) is 71.2 Å². The first-order valence-corrected chi connectivity index (χ1v) is 17.0. The summed E-state index contributed by atoms with van der Waals surface area (Å²) in [6.45, 7) is 10.1.